The first-order chi connectivity index (χ1) is 16.7. The lowest BCUT2D eigenvalue weighted by molar-refractivity contribution is 0.0622. The van der Waals surface area contributed by atoms with Gasteiger partial charge in [0.15, 0.2) is 5.13 Å². The van der Waals surface area contributed by atoms with Crippen molar-refractivity contribution < 1.29 is 22.3 Å². The molecule has 2 N–H and O–H groups in total. The van der Waals surface area contributed by atoms with Gasteiger partial charge in [0.2, 0.25) is 0 Å². The first-order valence-electron chi connectivity index (χ1n) is 11.5. The summed E-state index contributed by atoms with van der Waals surface area (Å²) >= 11 is 1.48. The van der Waals surface area contributed by atoms with Gasteiger partial charge in [-0.15, -0.1) is 0 Å². The van der Waals surface area contributed by atoms with Crippen molar-refractivity contribution >= 4 is 32.2 Å². The molecule has 1 unspecified atom stereocenters. The third-order valence-corrected chi connectivity index (χ3v) is 8.80. The molecule has 3 aromatic rings. The molecule has 1 fully saturated rings. The number of ether oxygens (including phenoxy) is 2. The van der Waals surface area contributed by atoms with Crippen LogP contribution in [-0.2, 0) is 14.8 Å². The van der Waals surface area contributed by atoms with Gasteiger partial charge in [0.1, 0.15) is 16.5 Å². The molecule has 1 aliphatic rings. The second-order valence-electron chi connectivity index (χ2n) is 8.72. The molecule has 1 aromatic heterocycles. The molecule has 2 heterocycles. The third kappa shape index (κ3) is 5.60. The number of benzene rings is 2. The Kier molecular flexibility index (Phi) is 7.63. The number of nitrogens with zero attached hydrogens (tertiary/aromatic N) is 1. The number of sulfonamides is 1. The molecule has 10 heteroatoms. The van der Waals surface area contributed by atoms with E-state index < -0.39 is 15.8 Å². The van der Waals surface area contributed by atoms with Crippen LogP contribution >= 0.6 is 11.3 Å². The van der Waals surface area contributed by atoms with E-state index in [0.29, 0.717) is 17.0 Å². The lowest BCUT2D eigenvalue weighted by Gasteiger charge is -2.28. The number of thiazole rings is 1. The van der Waals surface area contributed by atoms with E-state index in [4.69, 9.17) is 9.47 Å². The van der Waals surface area contributed by atoms with Gasteiger partial charge in [0, 0.05) is 19.3 Å². The van der Waals surface area contributed by atoms with Crippen molar-refractivity contribution in [2.24, 2.45) is 5.92 Å². The second-order valence-corrected chi connectivity index (χ2v) is 11.4. The highest BCUT2D eigenvalue weighted by Crippen LogP contribution is 2.38. The van der Waals surface area contributed by atoms with Gasteiger partial charge >= 0.3 is 0 Å². The van der Waals surface area contributed by atoms with Crippen LogP contribution in [0.15, 0.2) is 41.3 Å². The van der Waals surface area contributed by atoms with Crippen LogP contribution in [0.2, 0.25) is 0 Å². The Balaban J connectivity index is 1.64. The minimum Gasteiger partial charge on any atom is -0.495 e. The van der Waals surface area contributed by atoms with Crippen molar-refractivity contribution in [1.82, 2.24) is 4.98 Å². The summed E-state index contributed by atoms with van der Waals surface area (Å²) in [6.45, 7) is 7.26. The molecule has 7 nitrogen and oxygen atoms in total. The standard InChI is InChI=1S/C25H30FN3O4S2/c1-15-6-5-7-20(26)23(15)29-35(30,31)22-14-19(8-9-21(22)32-4)24-17(3)28-25(34-24)27-16(2)18-10-12-33-13-11-18/h5-9,14,16,18,29H,10-13H2,1-4H3,(H,27,28). The number of para-hydroxylation sites is 1. The van der Waals surface area contributed by atoms with Crippen molar-refractivity contribution in [1.29, 1.82) is 0 Å². The van der Waals surface area contributed by atoms with Gasteiger partial charge in [-0.25, -0.2) is 17.8 Å². The number of methoxy groups -OCH3 is 1. The highest BCUT2D eigenvalue weighted by atomic mass is 32.2. The van der Waals surface area contributed by atoms with E-state index in [1.54, 1.807) is 31.2 Å². The van der Waals surface area contributed by atoms with Crippen LogP contribution in [0.5, 0.6) is 5.75 Å². The molecule has 0 aliphatic carbocycles. The minimum atomic E-state index is -4.13. The van der Waals surface area contributed by atoms with Crippen LogP contribution in [0.25, 0.3) is 10.4 Å². The molecule has 1 saturated heterocycles. The highest BCUT2D eigenvalue weighted by molar-refractivity contribution is 7.92. The predicted molar refractivity (Wildman–Crippen MR) is 137 cm³/mol. The van der Waals surface area contributed by atoms with Gasteiger partial charge in [-0.2, -0.15) is 0 Å². The molecule has 0 spiro atoms. The summed E-state index contributed by atoms with van der Waals surface area (Å²) in [5, 5.41) is 4.30. The van der Waals surface area contributed by atoms with Gasteiger partial charge in [-0.1, -0.05) is 23.5 Å². The fraction of sp³-hybridized carbons (Fsp3) is 0.400. The van der Waals surface area contributed by atoms with Gasteiger partial charge in [0.25, 0.3) is 10.0 Å². The fourth-order valence-corrected chi connectivity index (χ4v) is 6.63. The maximum Gasteiger partial charge on any atom is 0.265 e. The molecule has 1 aliphatic heterocycles. The number of nitrogens with one attached hydrogen (secondary N) is 2. The number of halogens is 1. The average Bonchev–Trinajstić information content (AvgIpc) is 3.21. The number of anilines is 2. The number of hydrogen-bond acceptors (Lipinski definition) is 7. The number of aromatic nitrogens is 1. The molecule has 2 aromatic carbocycles. The molecule has 0 bridgehead atoms. The lowest BCUT2D eigenvalue weighted by Crippen LogP contribution is -2.30. The topological polar surface area (TPSA) is 89.5 Å². The zero-order valence-corrected chi connectivity index (χ0v) is 21.9. The lowest BCUT2D eigenvalue weighted by atomic mass is 9.93. The molecular weight excluding hydrogens is 489 g/mol. The predicted octanol–water partition coefficient (Wildman–Crippen LogP) is 5.60. The molecule has 4 rings (SSSR count). The van der Waals surface area contributed by atoms with E-state index in [2.05, 4.69) is 21.9 Å². The van der Waals surface area contributed by atoms with E-state index >= 15 is 0 Å². The van der Waals surface area contributed by atoms with Gasteiger partial charge in [0.05, 0.1) is 23.4 Å². The molecule has 188 valence electrons. The van der Waals surface area contributed by atoms with Gasteiger partial charge < -0.3 is 14.8 Å². The van der Waals surface area contributed by atoms with Crippen molar-refractivity contribution in [2.75, 3.05) is 30.4 Å². The Bertz CT molecular complexity index is 1280. The van der Waals surface area contributed by atoms with Crippen molar-refractivity contribution in [2.45, 2.75) is 44.6 Å². The number of rotatable bonds is 8. The fourth-order valence-electron chi connectivity index (χ4n) is 4.23. The zero-order valence-electron chi connectivity index (χ0n) is 20.2. The monoisotopic (exact) mass is 519 g/mol. The Labute approximate surface area is 209 Å². The largest absolute Gasteiger partial charge is 0.495 e. The highest BCUT2D eigenvalue weighted by Gasteiger charge is 2.25. The SMILES string of the molecule is COc1ccc(-c2sc(NC(C)C3CCOCC3)nc2C)cc1S(=O)(=O)Nc1c(C)cccc1F. The normalized spacial score (nSPS) is 15.6. The molecule has 35 heavy (non-hydrogen) atoms. The molecule has 0 amide bonds. The Morgan fingerprint density at radius 2 is 1.94 bits per heavy atom. The Morgan fingerprint density at radius 1 is 1.20 bits per heavy atom. The molecule has 1 atom stereocenters. The van der Waals surface area contributed by atoms with Crippen LogP contribution in [0.1, 0.15) is 31.0 Å². The second kappa shape index (κ2) is 10.5. The summed E-state index contributed by atoms with van der Waals surface area (Å²) < 4.78 is 54.1. The molecule has 0 radical (unpaired) electrons. The van der Waals surface area contributed by atoms with E-state index in [1.165, 1.54) is 30.6 Å². The summed E-state index contributed by atoms with van der Waals surface area (Å²) in [7, 11) is -2.73. The zero-order chi connectivity index (χ0) is 25.2. The summed E-state index contributed by atoms with van der Waals surface area (Å²) in [6.07, 6.45) is 2.03. The molecular formula is C25H30FN3O4S2. The van der Waals surface area contributed by atoms with Crippen molar-refractivity contribution in [3.8, 4) is 16.2 Å². The average molecular weight is 520 g/mol. The van der Waals surface area contributed by atoms with Gasteiger partial charge in [-0.3, -0.25) is 4.72 Å². The number of hydrogen-bond donors (Lipinski definition) is 2. The summed E-state index contributed by atoms with van der Waals surface area (Å²) in [6, 6.07) is 9.60. The van der Waals surface area contributed by atoms with E-state index in [-0.39, 0.29) is 22.4 Å². The first kappa shape index (κ1) is 25.4. The summed E-state index contributed by atoms with van der Waals surface area (Å²) in [4.78, 5) is 5.46. The summed E-state index contributed by atoms with van der Waals surface area (Å²) in [5.41, 5.74) is 1.89. The van der Waals surface area contributed by atoms with Crippen LogP contribution in [0, 0.1) is 25.6 Å². The van der Waals surface area contributed by atoms with E-state index in [9.17, 15) is 12.8 Å². The van der Waals surface area contributed by atoms with Crippen LogP contribution in [-0.4, -0.2) is 39.8 Å². The Morgan fingerprint density at radius 3 is 2.63 bits per heavy atom. The van der Waals surface area contributed by atoms with Crippen LogP contribution in [0.3, 0.4) is 0 Å². The van der Waals surface area contributed by atoms with E-state index in [1.807, 2.05) is 6.92 Å². The molecule has 0 saturated carbocycles. The maximum atomic E-state index is 14.3. The third-order valence-electron chi connectivity index (χ3n) is 6.29. The number of aryl methyl sites for hydroxylation is 2. The summed E-state index contributed by atoms with van der Waals surface area (Å²) in [5.74, 6) is 0.0438. The quantitative estimate of drug-likeness (QED) is 0.403. The van der Waals surface area contributed by atoms with Crippen molar-refractivity contribution in [3.63, 3.8) is 0 Å². The van der Waals surface area contributed by atoms with E-state index in [0.717, 1.165) is 41.8 Å². The smallest absolute Gasteiger partial charge is 0.265 e. The minimum absolute atomic E-state index is 0.0713. The van der Waals surface area contributed by atoms with Crippen molar-refractivity contribution in [3.05, 3.63) is 53.5 Å². The van der Waals surface area contributed by atoms with Crippen LogP contribution in [0.4, 0.5) is 15.2 Å². The maximum absolute atomic E-state index is 14.3. The Hall–Kier alpha value is -2.69. The first-order valence-corrected chi connectivity index (χ1v) is 13.8. The van der Waals surface area contributed by atoms with Crippen LogP contribution < -0.4 is 14.8 Å². The van der Waals surface area contributed by atoms with Gasteiger partial charge in [-0.05, 0) is 74.9 Å².